The molecule has 0 unspecified atom stereocenters. The highest BCUT2D eigenvalue weighted by atomic mass is 32.1. The summed E-state index contributed by atoms with van der Waals surface area (Å²) in [5, 5.41) is 15.1. The molecule has 0 bridgehead atoms. The molecular formula is C18H20N4S. The number of aryl methyl sites for hydroxylation is 1. The van der Waals surface area contributed by atoms with Crippen molar-refractivity contribution in [1.29, 1.82) is 5.26 Å². The van der Waals surface area contributed by atoms with Crippen LogP contribution in [0.1, 0.15) is 50.4 Å². The highest BCUT2D eigenvalue weighted by Gasteiger charge is 2.19. The Morgan fingerprint density at radius 2 is 1.91 bits per heavy atom. The molecule has 3 rings (SSSR count). The Balaban J connectivity index is 2.06. The lowest BCUT2D eigenvalue weighted by Gasteiger charge is -2.18. The van der Waals surface area contributed by atoms with Crippen molar-refractivity contribution in [1.82, 2.24) is 14.6 Å². The lowest BCUT2D eigenvalue weighted by atomic mass is 9.86. The van der Waals surface area contributed by atoms with E-state index in [4.69, 9.17) is 0 Å². The van der Waals surface area contributed by atoms with Crippen LogP contribution in [0.25, 0.3) is 16.2 Å². The summed E-state index contributed by atoms with van der Waals surface area (Å²) in [5.74, 6) is 0. The fourth-order valence-electron chi connectivity index (χ4n) is 2.53. The van der Waals surface area contributed by atoms with Crippen LogP contribution in [-0.2, 0) is 11.8 Å². The molecule has 0 aliphatic rings. The summed E-state index contributed by atoms with van der Waals surface area (Å²) in [6.07, 6.45) is 1.97. The van der Waals surface area contributed by atoms with Crippen LogP contribution in [0, 0.1) is 11.3 Å². The van der Waals surface area contributed by atoms with Gasteiger partial charge < -0.3 is 0 Å². The Labute approximate surface area is 140 Å². The van der Waals surface area contributed by atoms with Crippen molar-refractivity contribution in [2.75, 3.05) is 0 Å². The van der Waals surface area contributed by atoms with Crippen molar-refractivity contribution < 1.29 is 0 Å². The third-order valence-corrected chi connectivity index (χ3v) is 4.81. The minimum Gasteiger partial charge on any atom is -0.216 e. The third-order valence-electron chi connectivity index (χ3n) is 3.84. The Hall–Kier alpha value is -2.19. The van der Waals surface area contributed by atoms with E-state index in [1.165, 1.54) is 5.56 Å². The smallest absolute Gasteiger partial charge is 0.214 e. The summed E-state index contributed by atoms with van der Waals surface area (Å²) < 4.78 is 1.68. The van der Waals surface area contributed by atoms with E-state index in [1.54, 1.807) is 15.9 Å². The van der Waals surface area contributed by atoms with Gasteiger partial charge in [-0.3, -0.25) is 0 Å². The van der Waals surface area contributed by atoms with Gasteiger partial charge in [-0.15, -0.1) is 0 Å². The number of aromatic nitrogens is 3. The minimum absolute atomic E-state index is 0.113. The van der Waals surface area contributed by atoms with Crippen molar-refractivity contribution in [2.45, 2.75) is 46.0 Å². The maximum atomic E-state index is 9.54. The van der Waals surface area contributed by atoms with Crippen LogP contribution in [-0.4, -0.2) is 14.6 Å². The molecule has 118 valence electrons. The van der Waals surface area contributed by atoms with Gasteiger partial charge in [-0.1, -0.05) is 63.3 Å². The lowest BCUT2D eigenvalue weighted by molar-refractivity contribution is 0.590. The fraction of sp³-hybridized carbons (Fsp3) is 0.389. The molecule has 4 nitrogen and oxygen atoms in total. The molecule has 0 N–H and O–H groups in total. The second kappa shape index (κ2) is 5.78. The van der Waals surface area contributed by atoms with E-state index in [-0.39, 0.29) is 5.41 Å². The molecule has 0 amide bonds. The third kappa shape index (κ3) is 2.87. The lowest BCUT2D eigenvalue weighted by Crippen LogP contribution is -2.10. The molecule has 0 aliphatic carbocycles. The quantitative estimate of drug-likeness (QED) is 0.708. The summed E-state index contributed by atoms with van der Waals surface area (Å²) >= 11 is 1.56. The fourth-order valence-corrected chi connectivity index (χ4v) is 3.53. The van der Waals surface area contributed by atoms with E-state index >= 15 is 0 Å². The average molecular weight is 324 g/mol. The predicted molar refractivity (Wildman–Crippen MR) is 93.7 cm³/mol. The number of nitrogens with zero attached hydrogens (tertiary/aromatic N) is 4. The van der Waals surface area contributed by atoms with Crippen LogP contribution in [0.3, 0.4) is 0 Å². The number of imidazole rings is 1. The first kappa shape index (κ1) is 15.7. The molecule has 23 heavy (non-hydrogen) atoms. The van der Waals surface area contributed by atoms with Crippen molar-refractivity contribution in [3.05, 3.63) is 40.5 Å². The number of fused-ring (bicyclic) bond motifs is 1. The van der Waals surface area contributed by atoms with Crippen LogP contribution in [0.5, 0.6) is 0 Å². The van der Waals surface area contributed by atoms with Crippen LogP contribution >= 0.6 is 11.3 Å². The van der Waals surface area contributed by atoms with Gasteiger partial charge in [0.2, 0.25) is 4.96 Å². The summed E-state index contributed by atoms with van der Waals surface area (Å²) in [7, 11) is 0. The highest BCUT2D eigenvalue weighted by Crippen LogP contribution is 2.29. The molecular weight excluding hydrogens is 304 g/mol. The highest BCUT2D eigenvalue weighted by molar-refractivity contribution is 7.16. The Kier molecular flexibility index (Phi) is 3.95. The number of hydrogen-bond acceptors (Lipinski definition) is 4. The summed E-state index contributed by atoms with van der Waals surface area (Å²) in [4.78, 5) is 5.44. The summed E-state index contributed by atoms with van der Waals surface area (Å²) in [5.41, 5.74) is 3.58. The van der Waals surface area contributed by atoms with Crippen LogP contribution in [0.2, 0.25) is 0 Å². The predicted octanol–water partition coefficient (Wildman–Crippen LogP) is 4.58. The minimum atomic E-state index is 0.113. The molecule has 0 radical (unpaired) electrons. The van der Waals surface area contributed by atoms with Crippen molar-refractivity contribution in [3.8, 4) is 17.3 Å². The number of rotatable bonds is 3. The zero-order valence-electron chi connectivity index (χ0n) is 13.9. The van der Waals surface area contributed by atoms with Crippen molar-refractivity contribution >= 4 is 16.3 Å². The van der Waals surface area contributed by atoms with Gasteiger partial charge in [-0.2, -0.15) is 14.9 Å². The molecule has 0 saturated carbocycles. The van der Waals surface area contributed by atoms with Gasteiger partial charge in [0.05, 0.1) is 0 Å². The van der Waals surface area contributed by atoms with Crippen LogP contribution in [0.4, 0.5) is 0 Å². The largest absolute Gasteiger partial charge is 0.216 e. The van der Waals surface area contributed by atoms with Gasteiger partial charge in [-0.25, -0.2) is 4.98 Å². The second-order valence-corrected chi connectivity index (χ2v) is 7.73. The molecule has 5 heteroatoms. The van der Waals surface area contributed by atoms with Crippen LogP contribution in [0.15, 0.2) is 24.3 Å². The molecule has 0 saturated heterocycles. The van der Waals surface area contributed by atoms with Gasteiger partial charge in [-0.05, 0) is 17.4 Å². The standard InChI is InChI=1S/C18H20N4S/c1-5-6-15-21-22-14(11-19)16(20-17(22)23-15)12-7-9-13(10-8-12)18(2,3)4/h7-10H,5-6H2,1-4H3. The monoisotopic (exact) mass is 324 g/mol. The molecule has 1 aromatic carbocycles. The first-order chi connectivity index (χ1) is 10.9. The van der Waals surface area contributed by atoms with Crippen molar-refractivity contribution in [2.24, 2.45) is 0 Å². The molecule has 0 spiro atoms. The number of hydrogen-bond donors (Lipinski definition) is 0. The van der Waals surface area contributed by atoms with Crippen LogP contribution < -0.4 is 0 Å². The average Bonchev–Trinajstić information content (AvgIpc) is 3.03. The molecule has 2 aromatic heterocycles. The summed E-state index contributed by atoms with van der Waals surface area (Å²) in [6, 6.07) is 10.6. The van der Waals surface area contributed by atoms with Crippen molar-refractivity contribution in [3.63, 3.8) is 0 Å². The van der Waals surface area contributed by atoms with Gasteiger partial charge in [0.15, 0.2) is 5.69 Å². The van der Waals surface area contributed by atoms with Gasteiger partial charge in [0, 0.05) is 12.0 Å². The molecule has 0 fully saturated rings. The second-order valence-electron chi connectivity index (χ2n) is 6.69. The van der Waals surface area contributed by atoms with E-state index in [1.807, 2.05) is 12.1 Å². The van der Waals surface area contributed by atoms with E-state index in [9.17, 15) is 5.26 Å². The van der Waals surface area contributed by atoms with E-state index in [0.717, 1.165) is 34.1 Å². The zero-order chi connectivity index (χ0) is 16.6. The van der Waals surface area contributed by atoms with Gasteiger partial charge in [0.1, 0.15) is 16.8 Å². The summed E-state index contributed by atoms with van der Waals surface area (Å²) in [6.45, 7) is 8.69. The topological polar surface area (TPSA) is 54.0 Å². The molecule has 0 aliphatic heterocycles. The first-order valence-electron chi connectivity index (χ1n) is 7.83. The van der Waals surface area contributed by atoms with E-state index in [2.05, 4.69) is 56.0 Å². The Morgan fingerprint density at radius 1 is 1.22 bits per heavy atom. The first-order valence-corrected chi connectivity index (χ1v) is 8.65. The van der Waals surface area contributed by atoms with Gasteiger partial charge >= 0.3 is 0 Å². The zero-order valence-corrected chi connectivity index (χ0v) is 14.7. The Morgan fingerprint density at radius 3 is 2.48 bits per heavy atom. The van der Waals surface area contributed by atoms with E-state index < -0.39 is 0 Å². The molecule has 0 atom stereocenters. The van der Waals surface area contributed by atoms with Gasteiger partial charge in [0.25, 0.3) is 0 Å². The SMILES string of the molecule is CCCc1nn2c(C#N)c(-c3ccc(C(C)(C)C)cc3)nc2s1. The molecule has 2 heterocycles. The molecule has 3 aromatic rings. The maximum absolute atomic E-state index is 9.54. The number of benzene rings is 1. The van der Waals surface area contributed by atoms with E-state index in [0.29, 0.717) is 5.69 Å². The number of nitriles is 1. The normalized spacial score (nSPS) is 11.8. The Bertz CT molecular complexity index is 873. The maximum Gasteiger partial charge on any atom is 0.214 e.